The van der Waals surface area contributed by atoms with Crippen LogP contribution in [0.25, 0.3) is 0 Å². The van der Waals surface area contributed by atoms with Gasteiger partial charge in [0.05, 0.1) is 0 Å². The Kier molecular flexibility index (Phi) is 3.50. The molecule has 1 fully saturated rings. The molecule has 2 heterocycles. The fraction of sp³-hybridized carbons (Fsp3) is 0.615. The van der Waals surface area contributed by atoms with Crippen LogP contribution in [0.2, 0.25) is 0 Å². The molecular weight excluding hydrogens is 230 g/mol. The minimum Gasteiger partial charge on any atom is -0.477 e. The second-order valence-electron chi connectivity index (χ2n) is 5.20. The SMILES string of the molecule is CCC1(C)CCN(c2nccc(C(=O)O)n2)CC1. The third-order valence-corrected chi connectivity index (χ3v) is 3.97. The summed E-state index contributed by atoms with van der Waals surface area (Å²) in [5.41, 5.74) is 0.463. The molecule has 1 saturated heterocycles. The van der Waals surface area contributed by atoms with Crippen LogP contribution in [0.1, 0.15) is 43.6 Å². The van der Waals surface area contributed by atoms with E-state index in [1.165, 1.54) is 18.7 Å². The van der Waals surface area contributed by atoms with Crippen molar-refractivity contribution in [1.29, 1.82) is 0 Å². The Morgan fingerprint density at radius 2 is 2.17 bits per heavy atom. The summed E-state index contributed by atoms with van der Waals surface area (Å²) >= 11 is 0. The van der Waals surface area contributed by atoms with Gasteiger partial charge in [0.25, 0.3) is 0 Å². The molecule has 0 aliphatic carbocycles. The maximum absolute atomic E-state index is 10.9. The summed E-state index contributed by atoms with van der Waals surface area (Å²) in [5.74, 6) is -0.470. The number of hydrogen-bond acceptors (Lipinski definition) is 4. The lowest BCUT2D eigenvalue weighted by atomic mass is 9.78. The molecule has 1 aliphatic rings. The number of aromatic carboxylic acids is 1. The zero-order valence-corrected chi connectivity index (χ0v) is 10.9. The number of nitrogens with zero attached hydrogens (tertiary/aromatic N) is 3. The van der Waals surface area contributed by atoms with Gasteiger partial charge in [-0.2, -0.15) is 0 Å². The van der Waals surface area contributed by atoms with E-state index < -0.39 is 5.97 Å². The number of rotatable bonds is 3. The molecular formula is C13H19N3O2. The van der Waals surface area contributed by atoms with Crippen LogP contribution >= 0.6 is 0 Å². The number of hydrogen-bond donors (Lipinski definition) is 1. The number of anilines is 1. The molecule has 1 N–H and O–H groups in total. The predicted molar refractivity (Wildman–Crippen MR) is 68.8 cm³/mol. The van der Waals surface area contributed by atoms with Crippen molar-refractivity contribution in [1.82, 2.24) is 9.97 Å². The third-order valence-electron chi connectivity index (χ3n) is 3.97. The number of aromatic nitrogens is 2. The van der Waals surface area contributed by atoms with Gasteiger partial charge in [-0.05, 0) is 24.3 Å². The van der Waals surface area contributed by atoms with Gasteiger partial charge in [0, 0.05) is 19.3 Å². The molecule has 0 spiro atoms. The predicted octanol–water partition coefficient (Wildman–Crippen LogP) is 2.19. The van der Waals surface area contributed by atoms with Crippen LogP contribution in [-0.2, 0) is 0 Å². The fourth-order valence-corrected chi connectivity index (χ4v) is 2.22. The second-order valence-corrected chi connectivity index (χ2v) is 5.20. The van der Waals surface area contributed by atoms with Gasteiger partial charge >= 0.3 is 5.97 Å². The summed E-state index contributed by atoms with van der Waals surface area (Å²) in [5, 5.41) is 8.92. The molecule has 0 radical (unpaired) electrons. The normalized spacial score (nSPS) is 18.7. The first-order valence-corrected chi connectivity index (χ1v) is 6.35. The van der Waals surface area contributed by atoms with E-state index in [2.05, 4.69) is 28.7 Å². The summed E-state index contributed by atoms with van der Waals surface area (Å²) in [6, 6.07) is 1.42. The van der Waals surface area contributed by atoms with Gasteiger partial charge in [0.2, 0.25) is 5.95 Å². The van der Waals surface area contributed by atoms with E-state index in [-0.39, 0.29) is 5.69 Å². The molecule has 2 rings (SSSR count). The first kappa shape index (κ1) is 12.8. The lowest BCUT2D eigenvalue weighted by molar-refractivity contribution is 0.0690. The van der Waals surface area contributed by atoms with Crippen molar-refractivity contribution in [3.05, 3.63) is 18.0 Å². The Balaban J connectivity index is 2.10. The van der Waals surface area contributed by atoms with Gasteiger partial charge < -0.3 is 10.0 Å². The van der Waals surface area contributed by atoms with Gasteiger partial charge in [-0.15, -0.1) is 0 Å². The molecule has 5 nitrogen and oxygen atoms in total. The topological polar surface area (TPSA) is 66.3 Å². The number of carbonyl (C=O) groups is 1. The van der Waals surface area contributed by atoms with Gasteiger partial charge in [0.15, 0.2) is 5.69 Å². The summed E-state index contributed by atoms with van der Waals surface area (Å²) in [7, 11) is 0. The van der Waals surface area contributed by atoms with Crippen LogP contribution < -0.4 is 4.90 Å². The van der Waals surface area contributed by atoms with E-state index in [9.17, 15) is 4.79 Å². The van der Waals surface area contributed by atoms with Crippen molar-refractivity contribution < 1.29 is 9.90 Å². The molecule has 0 bridgehead atoms. The molecule has 1 aliphatic heterocycles. The highest BCUT2D eigenvalue weighted by atomic mass is 16.4. The van der Waals surface area contributed by atoms with Crippen LogP contribution in [-0.4, -0.2) is 34.1 Å². The first-order valence-electron chi connectivity index (χ1n) is 6.35. The van der Waals surface area contributed by atoms with Gasteiger partial charge in [-0.25, -0.2) is 14.8 Å². The summed E-state index contributed by atoms with van der Waals surface area (Å²) < 4.78 is 0. The van der Waals surface area contributed by atoms with Crippen molar-refractivity contribution >= 4 is 11.9 Å². The lowest BCUT2D eigenvalue weighted by Gasteiger charge is -2.38. The van der Waals surface area contributed by atoms with E-state index in [4.69, 9.17) is 5.11 Å². The zero-order valence-electron chi connectivity index (χ0n) is 10.9. The highest BCUT2D eigenvalue weighted by Crippen LogP contribution is 2.34. The fourth-order valence-electron chi connectivity index (χ4n) is 2.22. The Morgan fingerprint density at radius 3 is 2.72 bits per heavy atom. The maximum atomic E-state index is 10.9. The molecule has 5 heteroatoms. The number of piperidine rings is 1. The minimum absolute atomic E-state index is 0.0591. The standard InChI is InChI=1S/C13H19N3O2/c1-3-13(2)5-8-16(9-6-13)12-14-7-4-10(15-12)11(17)18/h4,7H,3,5-6,8-9H2,1-2H3,(H,17,18). The van der Waals surface area contributed by atoms with Gasteiger partial charge in [0.1, 0.15) is 0 Å². The molecule has 1 aromatic heterocycles. The lowest BCUT2D eigenvalue weighted by Crippen LogP contribution is -2.39. The van der Waals surface area contributed by atoms with E-state index in [1.807, 2.05) is 0 Å². The minimum atomic E-state index is -1.01. The smallest absolute Gasteiger partial charge is 0.354 e. The Bertz CT molecular complexity index is 440. The van der Waals surface area contributed by atoms with E-state index in [1.54, 1.807) is 0 Å². The number of carboxylic acids is 1. The Labute approximate surface area is 107 Å². The van der Waals surface area contributed by atoms with Gasteiger partial charge in [-0.1, -0.05) is 20.3 Å². The molecule has 0 saturated carbocycles. The van der Waals surface area contributed by atoms with Crippen LogP contribution in [0.4, 0.5) is 5.95 Å². The summed E-state index contributed by atoms with van der Waals surface area (Å²) in [6.07, 6.45) is 4.89. The van der Waals surface area contributed by atoms with Crippen molar-refractivity contribution in [3.63, 3.8) is 0 Å². The highest BCUT2D eigenvalue weighted by Gasteiger charge is 2.29. The molecule has 98 valence electrons. The molecule has 0 amide bonds. The van der Waals surface area contributed by atoms with Gasteiger partial charge in [-0.3, -0.25) is 0 Å². The average Bonchev–Trinajstić information content (AvgIpc) is 2.40. The molecule has 1 aromatic rings. The van der Waals surface area contributed by atoms with Crippen molar-refractivity contribution in [2.45, 2.75) is 33.1 Å². The van der Waals surface area contributed by atoms with Crippen LogP contribution in [0.3, 0.4) is 0 Å². The van der Waals surface area contributed by atoms with Crippen molar-refractivity contribution in [3.8, 4) is 0 Å². The van der Waals surface area contributed by atoms with Crippen molar-refractivity contribution in [2.24, 2.45) is 5.41 Å². The van der Waals surface area contributed by atoms with Crippen LogP contribution in [0.5, 0.6) is 0 Å². The Morgan fingerprint density at radius 1 is 1.50 bits per heavy atom. The maximum Gasteiger partial charge on any atom is 0.354 e. The van der Waals surface area contributed by atoms with Crippen molar-refractivity contribution in [2.75, 3.05) is 18.0 Å². The largest absolute Gasteiger partial charge is 0.477 e. The van der Waals surface area contributed by atoms with E-state index in [0.29, 0.717) is 11.4 Å². The highest BCUT2D eigenvalue weighted by molar-refractivity contribution is 5.85. The molecule has 0 atom stereocenters. The second kappa shape index (κ2) is 4.92. The monoisotopic (exact) mass is 249 g/mol. The summed E-state index contributed by atoms with van der Waals surface area (Å²) in [4.78, 5) is 21.2. The Hall–Kier alpha value is -1.65. The molecule has 0 aromatic carbocycles. The van der Waals surface area contributed by atoms with E-state index in [0.717, 1.165) is 25.9 Å². The van der Waals surface area contributed by atoms with E-state index >= 15 is 0 Å². The van der Waals surface area contributed by atoms with Crippen LogP contribution in [0.15, 0.2) is 12.3 Å². The first-order chi connectivity index (χ1) is 8.54. The quantitative estimate of drug-likeness (QED) is 0.889. The molecule has 0 unspecified atom stereocenters. The average molecular weight is 249 g/mol. The van der Waals surface area contributed by atoms with Crippen LogP contribution in [0, 0.1) is 5.41 Å². The third kappa shape index (κ3) is 2.60. The molecule has 18 heavy (non-hydrogen) atoms. The summed E-state index contributed by atoms with van der Waals surface area (Å²) in [6.45, 7) is 6.32. The zero-order chi connectivity index (χ0) is 13.2. The number of carboxylic acid groups (broad SMARTS) is 1.